The second-order valence-corrected chi connectivity index (χ2v) is 7.52. The van der Waals surface area contributed by atoms with Crippen LogP contribution >= 0.6 is 11.3 Å². The standard InChI is InChI=1S/C17H16OSSi/c1-3-8-14(9-4-1)17(15-10-5-2-6-11-15)18-20-16-12-7-13-19-16/h1-13,17H,20H2. The topological polar surface area (TPSA) is 9.23 Å². The average molecular weight is 296 g/mol. The zero-order chi connectivity index (χ0) is 13.6. The lowest BCUT2D eigenvalue weighted by Crippen LogP contribution is -2.18. The molecule has 0 unspecified atom stereocenters. The molecule has 1 aromatic heterocycles. The van der Waals surface area contributed by atoms with Crippen molar-refractivity contribution in [3.63, 3.8) is 0 Å². The summed E-state index contributed by atoms with van der Waals surface area (Å²) in [6, 6.07) is 25.2. The summed E-state index contributed by atoms with van der Waals surface area (Å²) in [4.78, 5) is 0. The van der Waals surface area contributed by atoms with Gasteiger partial charge in [0.2, 0.25) is 9.76 Å². The summed E-state index contributed by atoms with van der Waals surface area (Å²) in [5, 5.41) is 2.12. The number of hydrogen-bond acceptors (Lipinski definition) is 2. The molecule has 0 aliphatic carbocycles. The van der Waals surface area contributed by atoms with Gasteiger partial charge < -0.3 is 4.43 Å². The van der Waals surface area contributed by atoms with Crippen molar-refractivity contribution in [2.24, 2.45) is 0 Å². The molecule has 0 aliphatic heterocycles. The Kier molecular flexibility index (Phi) is 4.43. The van der Waals surface area contributed by atoms with E-state index in [1.165, 1.54) is 15.6 Å². The van der Waals surface area contributed by atoms with Gasteiger partial charge >= 0.3 is 0 Å². The maximum atomic E-state index is 6.31. The number of benzene rings is 2. The molecular formula is C17H16OSSi. The van der Waals surface area contributed by atoms with E-state index < -0.39 is 9.76 Å². The van der Waals surface area contributed by atoms with E-state index in [9.17, 15) is 0 Å². The van der Waals surface area contributed by atoms with Crippen LogP contribution in [0.1, 0.15) is 17.2 Å². The normalized spacial score (nSPS) is 11.4. The van der Waals surface area contributed by atoms with E-state index in [0.29, 0.717) is 0 Å². The van der Waals surface area contributed by atoms with Gasteiger partial charge in [-0.1, -0.05) is 72.8 Å². The van der Waals surface area contributed by atoms with E-state index in [1.54, 1.807) is 11.3 Å². The molecule has 0 spiro atoms. The molecular weight excluding hydrogens is 280 g/mol. The zero-order valence-electron chi connectivity index (χ0n) is 11.1. The Balaban J connectivity index is 1.84. The summed E-state index contributed by atoms with van der Waals surface area (Å²) < 4.78 is 7.70. The highest BCUT2D eigenvalue weighted by molar-refractivity contribution is 7.19. The van der Waals surface area contributed by atoms with Gasteiger partial charge in [-0.25, -0.2) is 0 Å². The van der Waals surface area contributed by atoms with Crippen LogP contribution in [-0.2, 0) is 4.43 Å². The fourth-order valence-electron chi connectivity index (χ4n) is 2.20. The van der Waals surface area contributed by atoms with Gasteiger partial charge in [0.1, 0.15) is 0 Å². The van der Waals surface area contributed by atoms with E-state index in [2.05, 4.69) is 66.0 Å². The third-order valence-electron chi connectivity index (χ3n) is 3.18. The lowest BCUT2D eigenvalue weighted by molar-refractivity contribution is 0.266. The summed E-state index contributed by atoms with van der Waals surface area (Å²) in [5.41, 5.74) is 2.45. The molecule has 0 aliphatic rings. The third-order valence-corrected chi connectivity index (χ3v) is 5.78. The molecule has 0 saturated carbocycles. The number of hydrogen-bond donors (Lipinski definition) is 0. The molecule has 0 amide bonds. The van der Waals surface area contributed by atoms with E-state index in [-0.39, 0.29) is 6.10 Å². The van der Waals surface area contributed by atoms with Crippen LogP contribution in [0.25, 0.3) is 0 Å². The first-order chi connectivity index (χ1) is 9.93. The van der Waals surface area contributed by atoms with Crippen molar-refractivity contribution >= 4 is 25.6 Å². The van der Waals surface area contributed by atoms with Gasteiger partial charge in [-0.05, 0) is 16.5 Å². The van der Waals surface area contributed by atoms with Crippen molar-refractivity contribution in [3.05, 3.63) is 89.3 Å². The molecule has 0 N–H and O–H groups in total. The molecule has 100 valence electrons. The zero-order valence-corrected chi connectivity index (χ0v) is 13.3. The van der Waals surface area contributed by atoms with Crippen molar-refractivity contribution < 1.29 is 4.43 Å². The van der Waals surface area contributed by atoms with Crippen molar-refractivity contribution in [2.45, 2.75) is 6.10 Å². The monoisotopic (exact) mass is 296 g/mol. The first-order valence-electron chi connectivity index (χ1n) is 6.67. The molecule has 1 heterocycles. The summed E-state index contributed by atoms with van der Waals surface area (Å²) in [7, 11) is -0.686. The first kappa shape index (κ1) is 13.3. The number of rotatable bonds is 5. The molecule has 0 saturated heterocycles. The Morgan fingerprint density at radius 3 is 1.85 bits per heavy atom. The quantitative estimate of drug-likeness (QED) is 0.657. The maximum Gasteiger partial charge on any atom is 0.204 e. The summed E-state index contributed by atoms with van der Waals surface area (Å²) in [6.07, 6.45) is 0.0474. The van der Waals surface area contributed by atoms with Gasteiger partial charge in [-0.3, -0.25) is 0 Å². The highest BCUT2D eigenvalue weighted by Crippen LogP contribution is 2.25. The smallest absolute Gasteiger partial charge is 0.204 e. The second kappa shape index (κ2) is 6.66. The molecule has 0 radical (unpaired) electrons. The van der Waals surface area contributed by atoms with Crippen molar-refractivity contribution in [3.8, 4) is 0 Å². The minimum atomic E-state index is -0.686. The molecule has 0 fully saturated rings. The van der Waals surface area contributed by atoms with Gasteiger partial charge in [0, 0.05) is 4.50 Å². The predicted octanol–water partition coefficient (Wildman–Crippen LogP) is 3.26. The molecule has 2 aromatic carbocycles. The van der Waals surface area contributed by atoms with Gasteiger partial charge in [-0.15, -0.1) is 0 Å². The summed E-state index contributed by atoms with van der Waals surface area (Å²) in [6.45, 7) is 0. The molecule has 3 aromatic rings. The lowest BCUT2D eigenvalue weighted by atomic mass is 10.0. The summed E-state index contributed by atoms with van der Waals surface area (Å²) >= 11 is 1.79. The largest absolute Gasteiger partial charge is 0.407 e. The Labute approximate surface area is 125 Å². The van der Waals surface area contributed by atoms with E-state index >= 15 is 0 Å². The minimum Gasteiger partial charge on any atom is -0.407 e. The van der Waals surface area contributed by atoms with Crippen LogP contribution in [0, 0.1) is 0 Å². The van der Waals surface area contributed by atoms with Crippen LogP contribution in [0.15, 0.2) is 78.2 Å². The molecule has 0 atom stereocenters. The van der Waals surface area contributed by atoms with Crippen LogP contribution in [0.4, 0.5) is 0 Å². The molecule has 20 heavy (non-hydrogen) atoms. The van der Waals surface area contributed by atoms with Gasteiger partial charge in [0.05, 0.1) is 6.10 Å². The SMILES string of the molecule is c1ccc(C(O[SiH2]c2cccs2)c2ccccc2)cc1. The molecule has 3 rings (SSSR count). The Bertz CT molecular complexity index is 583. The summed E-state index contributed by atoms with van der Waals surface area (Å²) in [5.74, 6) is 0. The van der Waals surface area contributed by atoms with E-state index in [1.807, 2.05) is 12.1 Å². The van der Waals surface area contributed by atoms with Crippen molar-refractivity contribution in [1.29, 1.82) is 0 Å². The highest BCUT2D eigenvalue weighted by atomic mass is 32.1. The molecule has 3 heteroatoms. The van der Waals surface area contributed by atoms with Crippen LogP contribution in [0.3, 0.4) is 0 Å². The predicted molar refractivity (Wildman–Crippen MR) is 88.3 cm³/mol. The van der Waals surface area contributed by atoms with Gasteiger partial charge in [0.25, 0.3) is 0 Å². The Morgan fingerprint density at radius 2 is 1.35 bits per heavy atom. The highest BCUT2D eigenvalue weighted by Gasteiger charge is 2.14. The van der Waals surface area contributed by atoms with E-state index in [4.69, 9.17) is 4.43 Å². The van der Waals surface area contributed by atoms with Crippen LogP contribution in [-0.4, -0.2) is 9.76 Å². The van der Waals surface area contributed by atoms with Crippen LogP contribution in [0.2, 0.25) is 0 Å². The van der Waals surface area contributed by atoms with Gasteiger partial charge in [0.15, 0.2) is 0 Å². The average Bonchev–Trinajstić information content (AvgIpc) is 3.03. The van der Waals surface area contributed by atoms with Crippen molar-refractivity contribution in [1.82, 2.24) is 0 Å². The fourth-order valence-corrected chi connectivity index (χ4v) is 4.40. The molecule has 1 nitrogen and oxygen atoms in total. The molecule has 0 bridgehead atoms. The fraction of sp³-hybridized carbons (Fsp3) is 0.0588. The lowest BCUT2D eigenvalue weighted by Gasteiger charge is -2.19. The Morgan fingerprint density at radius 1 is 0.750 bits per heavy atom. The van der Waals surface area contributed by atoms with Crippen LogP contribution in [0.5, 0.6) is 0 Å². The Hall–Kier alpha value is -1.68. The first-order valence-corrected chi connectivity index (χ1v) is 8.84. The third kappa shape index (κ3) is 3.25. The maximum absolute atomic E-state index is 6.31. The minimum absolute atomic E-state index is 0.0474. The van der Waals surface area contributed by atoms with Gasteiger partial charge in [-0.2, -0.15) is 11.3 Å². The van der Waals surface area contributed by atoms with E-state index in [0.717, 1.165) is 0 Å². The van der Waals surface area contributed by atoms with Crippen molar-refractivity contribution in [2.75, 3.05) is 0 Å². The number of thiophene rings is 1. The van der Waals surface area contributed by atoms with Crippen LogP contribution < -0.4 is 4.50 Å². The second-order valence-electron chi connectivity index (χ2n) is 4.59.